The molecule has 0 aromatic heterocycles. The highest BCUT2D eigenvalue weighted by molar-refractivity contribution is 5.95. The van der Waals surface area contributed by atoms with Gasteiger partial charge in [0.25, 0.3) is 5.91 Å². The molecule has 1 aliphatic carbocycles. The van der Waals surface area contributed by atoms with Gasteiger partial charge in [-0.05, 0) is 72.0 Å². The zero-order valence-electron chi connectivity index (χ0n) is 23.9. The second kappa shape index (κ2) is 12.8. The molecule has 4 aromatic carbocycles. The third kappa shape index (κ3) is 7.63. The lowest BCUT2D eigenvalue weighted by Crippen LogP contribution is -2.49. The van der Waals surface area contributed by atoms with Crippen molar-refractivity contribution in [1.29, 1.82) is 0 Å². The van der Waals surface area contributed by atoms with Crippen LogP contribution in [0.1, 0.15) is 45.5 Å². The minimum Gasteiger partial charge on any atom is -0.487 e. The molecule has 0 saturated heterocycles. The number of alkyl halides is 7. The van der Waals surface area contributed by atoms with Crippen LogP contribution in [0.15, 0.2) is 84.9 Å². The van der Waals surface area contributed by atoms with E-state index in [1.54, 1.807) is 30.3 Å². The molecule has 4 nitrogen and oxygen atoms in total. The molecule has 4 aromatic rings. The SMILES string of the molecule is O=C(NC(Cc1ccccc1)(c1cc(F)cc(OC(F)(F)C(F)F)c1)c1ccc(F)c(OC2CC2)c1)c1ccc(F)c(C(F)(F)F)c1. The maximum absolute atomic E-state index is 15.1. The fourth-order valence-electron chi connectivity index (χ4n) is 4.91. The van der Waals surface area contributed by atoms with Crippen molar-refractivity contribution < 1.29 is 58.2 Å². The molecule has 1 fully saturated rings. The Kier molecular flexibility index (Phi) is 9.15. The van der Waals surface area contributed by atoms with Crippen LogP contribution in [0.5, 0.6) is 11.5 Å². The van der Waals surface area contributed by atoms with Gasteiger partial charge in [-0.3, -0.25) is 4.79 Å². The van der Waals surface area contributed by atoms with E-state index < -0.39 is 70.0 Å². The fraction of sp³-hybridized carbons (Fsp3) is 0.242. The first-order valence-corrected chi connectivity index (χ1v) is 13.9. The van der Waals surface area contributed by atoms with Crippen molar-refractivity contribution in [3.05, 3.63) is 130 Å². The highest BCUT2D eigenvalue weighted by atomic mass is 19.4. The first kappa shape index (κ1) is 33.6. The molecule has 0 aliphatic heterocycles. The number of carbonyl (C=O) groups is 1. The van der Waals surface area contributed by atoms with E-state index in [0.29, 0.717) is 30.5 Å². The second-order valence-corrected chi connectivity index (χ2v) is 10.8. The van der Waals surface area contributed by atoms with Gasteiger partial charge < -0.3 is 14.8 Å². The summed E-state index contributed by atoms with van der Waals surface area (Å²) in [5.41, 5.74) is -4.71. The van der Waals surface area contributed by atoms with Crippen LogP contribution in [-0.4, -0.2) is 24.5 Å². The van der Waals surface area contributed by atoms with Crippen molar-refractivity contribution in [1.82, 2.24) is 5.32 Å². The molecule has 1 aliphatic rings. The Labute approximate surface area is 260 Å². The van der Waals surface area contributed by atoms with Gasteiger partial charge >= 0.3 is 18.7 Å². The normalized spacial score (nSPS) is 14.9. The van der Waals surface area contributed by atoms with Crippen LogP contribution in [0.2, 0.25) is 0 Å². The number of rotatable bonds is 11. The van der Waals surface area contributed by atoms with E-state index in [0.717, 1.165) is 36.4 Å². The summed E-state index contributed by atoms with van der Waals surface area (Å²) in [7, 11) is 0. The molecule has 1 unspecified atom stereocenters. The molecular formula is C33H23F10NO3. The minimum atomic E-state index is -5.20. The predicted octanol–water partition coefficient (Wildman–Crippen LogP) is 8.82. The number of halogens is 10. The Morgan fingerprint density at radius 2 is 1.49 bits per heavy atom. The van der Waals surface area contributed by atoms with Gasteiger partial charge in [-0.15, -0.1) is 0 Å². The lowest BCUT2D eigenvalue weighted by Gasteiger charge is -2.37. The maximum Gasteiger partial charge on any atom is 0.461 e. The molecule has 1 saturated carbocycles. The van der Waals surface area contributed by atoms with Crippen molar-refractivity contribution in [2.45, 2.75) is 49.6 Å². The van der Waals surface area contributed by atoms with Gasteiger partial charge in [0.05, 0.1) is 17.2 Å². The standard InChI is InChI=1S/C33H23F10NO3/c34-22-13-21(14-24(16-22)47-33(42,43)30(37)38)31(17-18-4-2-1-3-5-18,20-7-11-27(36)28(15-20)46-23-8-9-23)44-29(45)19-6-10-26(35)25(12-19)32(39,40)41/h1-7,10-16,23,30H,8-9,17H2,(H,44,45). The van der Waals surface area contributed by atoms with E-state index in [-0.39, 0.29) is 29.9 Å². The summed E-state index contributed by atoms with van der Waals surface area (Å²) in [5.74, 6) is -6.47. The minimum absolute atomic E-state index is 0.0675. The first-order valence-electron chi connectivity index (χ1n) is 13.9. The van der Waals surface area contributed by atoms with Gasteiger partial charge in [-0.2, -0.15) is 30.7 Å². The Morgan fingerprint density at radius 3 is 2.13 bits per heavy atom. The molecule has 0 bridgehead atoms. The van der Waals surface area contributed by atoms with Crippen LogP contribution in [0.3, 0.4) is 0 Å². The third-order valence-electron chi connectivity index (χ3n) is 7.29. The first-order chi connectivity index (χ1) is 22.1. The molecule has 1 amide bonds. The van der Waals surface area contributed by atoms with E-state index >= 15 is 4.39 Å². The van der Waals surface area contributed by atoms with E-state index in [1.807, 2.05) is 0 Å². The van der Waals surface area contributed by atoms with Crippen LogP contribution in [0, 0.1) is 17.5 Å². The Bertz CT molecular complexity index is 1760. The van der Waals surface area contributed by atoms with Crippen LogP contribution >= 0.6 is 0 Å². The molecule has 1 atom stereocenters. The molecule has 14 heteroatoms. The van der Waals surface area contributed by atoms with Gasteiger partial charge in [-0.25, -0.2) is 13.2 Å². The van der Waals surface area contributed by atoms with Gasteiger partial charge in [0.15, 0.2) is 11.6 Å². The van der Waals surface area contributed by atoms with Crippen molar-refractivity contribution in [2.24, 2.45) is 0 Å². The number of hydrogen-bond acceptors (Lipinski definition) is 3. The van der Waals surface area contributed by atoms with Crippen molar-refractivity contribution in [2.75, 3.05) is 0 Å². The summed E-state index contributed by atoms with van der Waals surface area (Å²) < 4.78 is 148. The summed E-state index contributed by atoms with van der Waals surface area (Å²) in [6.45, 7) is 0. The zero-order chi connectivity index (χ0) is 34.1. The topological polar surface area (TPSA) is 47.6 Å². The Morgan fingerprint density at radius 1 is 0.809 bits per heavy atom. The molecule has 47 heavy (non-hydrogen) atoms. The molecular weight excluding hydrogens is 648 g/mol. The van der Waals surface area contributed by atoms with E-state index in [1.165, 1.54) is 0 Å². The van der Waals surface area contributed by atoms with E-state index in [4.69, 9.17) is 4.74 Å². The molecule has 0 heterocycles. The smallest absolute Gasteiger partial charge is 0.461 e. The summed E-state index contributed by atoms with van der Waals surface area (Å²) in [6, 6.07) is 14.4. The highest BCUT2D eigenvalue weighted by Gasteiger charge is 2.45. The molecule has 248 valence electrons. The molecule has 5 rings (SSSR count). The third-order valence-corrected chi connectivity index (χ3v) is 7.29. The van der Waals surface area contributed by atoms with E-state index in [9.17, 15) is 44.3 Å². The summed E-state index contributed by atoms with van der Waals surface area (Å²) in [6.07, 6.45) is -14.1. The van der Waals surface area contributed by atoms with Crippen LogP contribution in [0.4, 0.5) is 43.9 Å². The second-order valence-electron chi connectivity index (χ2n) is 10.8. The monoisotopic (exact) mass is 671 g/mol. The average molecular weight is 672 g/mol. The average Bonchev–Trinajstić information content (AvgIpc) is 3.81. The van der Waals surface area contributed by atoms with Gasteiger partial charge in [0.1, 0.15) is 17.4 Å². The number of benzene rings is 4. The molecule has 1 N–H and O–H groups in total. The number of ether oxygens (including phenoxy) is 2. The van der Waals surface area contributed by atoms with Crippen LogP contribution < -0.4 is 14.8 Å². The number of amides is 1. The van der Waals surface area contributed by atoms with Crippen molar-refractivity contribution >= 4 is 5.91 Å². The quantitative estimate of drug-likeness (QED) is 0.162. The molecule has 0 spiro atoms. The lowest BCUT2D eigenvalue weighted by molar-refractivity contribution is -0.253. The van der Waals surface area contributed by atoms with Crippen LogP contribution in [-0.2, 0) is 18.1 Å². The predicted molar refractivity (Wildman–Crippen MR) is 148 cm³/mol. The van der Waals surface area contributed by atoms with Crippen molar-refractivity contribution in [3.63, 3.8) is 0 Å². The highest BCUT2D eigenvalue weighted by Crippen LogP contribution is 2.41. The largest absolute Gasteiger partial charge is 0.487 e. The number of carbonyl (C=O) groups excluding carboxylic acids is 1. The summed E-state index contributed by atoms with van der Waals surface area (Å²) in [4.78, 5) is 13.8. The lowest BCUT2D eigenvalue weighted by atomic mass is 9.77. The van der Waals surface area contributed by atoms with E-state index in [2.05, 4.69) is 10.1 Å². The zero-order valence-corrected chi connectivity index (χ0v) is 23.9. The van der Waals surface area contributed by atoms with Crippen LogP contribution in [0.25, 0.3) is 0 Å². The summed E-state index contributed by atoms with van der Waals surface area (Å²) >= 11 is 0. The van der Waals surface area contributed by atoms with Gasteiger partial charge in [0, 0.05) is 18.1 Å². The summed E-state index contributed by atoms with van der Waals surface area (Å²) in [5, 5.41) is 2.52. The Balaban J connectivity index is 1.74. The number of nitrogens with one attached hydrogen (secondary N) is 1. The molecule has 0 radical (unpaired) electrons. The van der Waals surface area contributed by atoms with Gasteiger partial charge in [0.2, 0.25) is 0 Å². The fourth-order valence-corrected chi connectivity index (χ4v) is 4.91. The van der Waals surface area contributed by atoms with Gasteiger partial charge in [-0.1, -0.05) is 36.4 Å². The number of hydrogen-bond donors (Lipinski definition) is 1. The maximum atomic E-state index is 15.1. The van der Waals surface area contributed by atoms with Crippen molar-refractivity contribution in [3.8, 4) is 11.5 Å². The Hall–Kier alpha value is -4.75.